The molecule has 1 aromatic carbocycles. The first-order valence-electron chi connectivity index (χ1n) is 10.7. The highest BCUT2D eigenvalue weighted by Gasteiger charge is 2.22. The molecule has 1 saturated heterocycles. The van der Waals surface area contributed by atoms with Gasteiger partial charge in [0.2, 0.25) is 5.91 Å². The first-order valence-corrected chi connectivity index (χ1v) is 10.7. The van der Waals surface area contributed by atoms with Crippen LogP contribution in [0.5, 0.6) is 5.75 Å². The molecule has 2 aliphatic rings. The molecule has 1 saturated carbocycles. The number of guanidine groups is 1. The van der Waals surface area contributed by atoms with Crippen molar-refractivity contribution >= 4 is 35.8 Å². The lowest BCUT2D eigenvalue weighted by Gasteiger charge is -2.24. The van der Waals surface area contributed by atoms with Crippen LogP contribution in [0.15, 0.2) is 29.3 Å². The zero-order chi connectivity index (χ0) is 20.5. The van der Waals surface area contributed by atoms with Gasteiger partial charge >= 0.3 is 0 Å². The van der Waals surface area contributed by atoms with Crippen LogP contribution in [0.2, 0.25) is 0 Å². The number of nitrogens with one attached hydrogen (secondary N) is 2. The third-order valence-electron chi connectivity index (χ3n) is 5.23. The summed E-state index contributed by atoms with van der Waals surface area (Å²) < 4.78 is 11.8. The van der Waals surface area contributed by atoms with Crippen molar-refractivity contribution in [1.29, 1.82) is 0 Å². The molecule has 0 radical (unpaired) electrons. The zero-order valence-corrected chi connectivity index (χ0v) is 20.4. The lowest BCUT2D eigenvalue weighted by Crippen LogP contribution is -2.45. The van der Waals surface area contributed by atoms with Gasteiger partial charge in [-0.3, -0.25) is 4.79 Å². The van der Waals surface area contributed by atoms with E-state index in [2.05, 4.69) is 10.6 Å². The number of hydrogen-bond acceptors (Lipinski definition) is 4. The van der Waals surface area contributed by atoms with Crippen molar-refractivity contribution in [3.05, 3.63) is 29.8 Å². The van der Waals surface area contributed by atoms with E-state index in [0.717, 1.165) is 37.4 Å². The van der Waals surface area contributed by atoms with Gasteiger partial charge < -0.3 is 25.0 Å². The maximum atomic E-state index is 12.0. The second-order valence-corrected chi connectivity index (χ2v) is 8.04. The van der Waals surface area contributed by atoms with Crippen LogP contribution >= 0.6 is 24.0 Å². The summed E-state index contributed by atoms with van der Waals surface area (Å²) in [7, 11) is 3.50. The van der Waals surface area contributed by atoms with Crippen molar-refractivity contribution in [2.75, 3.05) is 40.4 Å². The first kappa shape index (κ1) is 24.7. The lowest BCUT2D eigenvalue weighted by molar-refractivity contribution is -0.127. The van der Waals surface area contributed by atoms with E-state index in [1.807, 2.05) is 24.3 Å². The number of carbonyl (C=O) groups excluding carboxylic acids is 1. The van der Waals surface area contributed by atoms with Gasteiger partial charge in [0.25, 0.3) is 0 Å². The second-order valence-electron chi connectivity index (χ2n) is 8.04. The molecule has 2 N–H and O–H groups in total. The van der Waals surface area contributed by atoms with E-state index >= 15 is 0 Å². The molecule has 1 heterocycles. The zero-order valence-electron chi connectivity index (χ0n) is 18.1. The molecule has 0 spiro atoms. The Kier molecular flexibility index (Phi) is 10.7. The Bertz CT molecular complexity index is 689. The van der Waals surface area contributed by atoms with Crippen LogP contribution in [0.25, 0.3) is 0 Å². The van der Waals surface area contributed by atoms with Gasteiger partial charge in [-0.2, -0.15) is 0 Å². The van der Waals surface area contributed by atoms with Gasteiger partial charge in [-0.25, -0.2) is 4.99 Å². The molecular formula is C22H35IN4O3. The summed E-state index contributed by atoms with van der Waals surface area (Å²) in [6.07, 6.45) is 6.09. The van der Waals surface area contributed by atoms with Gasteiger partial charge in [0.1, 0.15) is 5.75 Å². The molecule has 3 rings (SSSR count). The molecule has 1 amide bonds. The average molecular weight is 530 g/mol. The molecule has 1 aromatic rings. The number of likely N-dealkylation sites (N-methyl/N-ethyl adjacent to an activating group) is 1. The van der Waals surface area contributed by atoms with E-state index in [0.29, 0.717) is 25.0 Å². The minimum atomic E-state index is 0. The highest BCUT2D eigenvalue weighted by atomic mass is 127. The fourth-order valence-corrected chi connectivity index (χ4v) is 3.10. The Morgan fingerprint density at radius 1 is 1.20 bits per heavy atom. The number of halogens is 1. The maximum absolute atomic E-state index is 12.0. The van der Waals surface area contributed by atoms with E-state index in [1.165, 1.54) is 19.3 Å². The number of nitrogens with zero attached hydrogens (tertiary/aromatic N) is 2. The van der Waals surface area contributed by atoms with Crippen molar-refractivity contribution in [2.45, 2.75) is 44.8 Å². The molecule has 2 fully saturated rings. The molecular weight excluding hydrogens is 495 g/mol. The number of para-hydroxylation sites is 1. The predicted octanol–water partition coefficient (Wildman–Crippen LogP) is 2.79. The lowest BCUT2D eigenvalue weighted by atomic mass is 10.1. The Hall–Kier alpha value is -1.55. The third kappa shape index (κ3) is 8.67. The van der Waals surface area contributed by atoms with Crippen molar-refractivity contribution < 1.29 is 14.3 Å². The van der Waals surface area contributed by atoms with Crippen molar-refractivity contribution in [3.8, 4) is 5.75 Å². The van der Waals surface area contributed by atoms with Crippen LogP contribution in [0.4, 0.5) is 0 Å². The highest BCUT2D eigenvalue weighted by Crippen LogP contribution is 2.30. The summed E-state index contributed by atoms with van der Waals surface area (Å²) in [6, 6.07) is 8.03. The van der Waals surface area contributed by atoms with Crippen LogP contribution in [0.3, 0.4) is 0 Å². The van der Waals surface area contributed by atoms with Gasteiger partial charge in [-0.1, -0.05) is 18.2 Å². The quantitative estimate of drug-likeness (QED) is 0.292. The molecule has 1 unspecified atom stereocenters. The number of aliphatic imine (C=N–C) groups is 1. The van der Waals surface area contributed by atoms with E-state index in [9.17, 15) is 4.79 Å². The largest absolute Gasteiger partial charge is 0.493 e. The van der Waals surface area contributed by atoms with Crippen LogP contribution in [-0.4, -0.2) is 63.3 Å². The Balaban J connectivity index is 0.00000320. The van der Waals surface area contributed by atoms with Crippen LogP contribution in [-0.2, 0) is 16.1 Å². The summed E-state index contributed by atoms with van der Waals surface area (Å²) in [4.78, 5) is 18.2. The van der Waals surface area contributed by atoms with E-state index in [-0.39, 0.29) is 42.5 Å². The summed E-state index contributed by atoms with van der Waals surface area (Å²) in [6.45, 7) is 2.96. The predicted molar refractivity (Wildman–Crippen MR) is 130 cm³/mol. The molecule has 1 aliphatic carbocycles. The summed E-state index contributed by atoms with van der Waals surface area (Å²) in [5.74, 6) is 2.22. The number of ether oxygens (including phenoxy) is 2. The second kappa shape index (κ2) is 13.0. The van der Waals surface area contributed by atoms with Crippen LogP contribution in [0.1, 0.15) is 37.7 Å². The number of rotatable bonds is 9. The Morgan fingerprint density at radius 2 is 2.00 bits per heavy atom. The standard InChI is InChI=1S/C22H34N4O3.HI/c1-26(2)21(27)15-25-22(24-14-19-8-5-6-12-28-19)23-13-18-7-3-4-9-20(18)29-16-17-10-11-17;/h3-4,7,9,17,19H,5-6,8,10-16H2,1-2H3,(H2,23,24,25);1H. The number of amides is 1. The molecule has 0 bridgehead atoms. The normalized spacial score (nSPS) is 18.9. The van der Waals surface area contributed by atoms with Gasteiger partial charge in [0.05, 0.1) is 25.8 Å². The molecule has 1 atom stereocenters. The SMILES string of the molecule is CN(C)C(=O)CNC(=NCc1ccccc1OCC1CC1)NCC1CCCCO1.I. The summed E-state index contributed by atoms with van der Waals surface area (Å²) in [5, 5.41) is 6.48. The monoisotopic (exact) mass is 530 g/mol. The van der Waals surface area contributed by atoms with Crippen LogP contribution < -0.4 is 15.4 Å². The highest BCUT2D eigenvalue weighted by molar-refractivity contribution is 14.0. The molecule has 8 heteroatoms. The van der Waals surface area contributed by atoms with Crippen molar-refractivity contribution in [2.24, 2.45) is 10.9 Å². The minimum Gasteiger partial charge on any atom is -0.493 e. The Labute approximate surface area is 197 Å². The van der Waals surface area contributed by atoms with Gasteiger partial charge in [-0.05, 0) is 44.1 Å². The van der Waals surface area contributed by atoms with E-state index < -0.39 is 0 Å². The summed E-state index contributed by atoms with van der Waals surface area (Å²) >= 11 is 0. The number of benzene rings is 1. The molecule has 0 aromatic heterocycles. The molecule has 7 nitrogen and oxygen atoms in total. The third-order valence-corrected chi connectivity index (χ3v) is 5.23. The maximum Gasteiger partial charge on any atom is 0.241 e. The Morgan fingerprint density at radius 3 is 2.70 bits per heavy atom. The van der Waals surface area contributed by atoms with Crippen molar-refractivity contribution in [3.63, 3.8) is 0 Å². The smallest absolute Gasteiger partial charge is 0.241 e. The first-order chi connectivity index (χ1) is 14.1. The van der Waals surface area contributed by atoms with E-state index in [4.69, 9.17) is 14.5 Å². The van der Waals surface area contributed by atoms with Gasteiger partial charge in [-0.15, -0.1) is 24.0 Å². The summed E-state index contributed by atoms with van der Waals surface area (Å²) in [5.41, 5.74) is 1.04. The van der Waals surface area contributed by atoms with Gasteiger partial charge in [0.15, 0.2) is 5.96 Å². The fourth-order valence-electron chi connectivity index (χ4n) is 3.10. The van der Waals surface area contributed by atoms with E-state index in [1.54, 1.807) is 19.0 Å². The topological polar surface area (TPSA) is 75.2 Å². The van der Waals surface area contributed by atoms with Gasteiger partial charge in [0, 0.05) is 32.8 Å². The molecule has 1 aliphatic heterocycles. The minimum absolute atomic E-state index is 0. The number of carbonyl (C=O) groups is 1. The molecule has 168 valence electrons. The van der Waals surface area contributed by atoms with Crippen molar-refractivity contribution in [1.82, 2.24) is 15.5 Å². The molecule has 30 heavy (non-hydrogen) atoms. The number of hydrogen-bond donors (Lipinski definition) is 2. The van der Waals surface area contributed by atoms with Crippen LogP contribution in [0, 0.1) is 5.92 Å². The average Bonchev–Trinajstić information content (AvgIpc) is 3.57. The fraction of sp³-hybridized carbons (Fsp3) is 0.636.